The summed E-state index contributed by atoms with van der Waals surface area (Å²) < 4.78 is 147. The van der Waals surface area contributed by atoms with Gasteiger partial charge in [-0.1, -0.05) is 0 Å². The molecule has 0 radical (unpaired) electrons. The van der Waals surface area contributed by atoms with E-state index in [2.05, 4.69) is 0 Å². The molecule has 14 heteroatoms. The van der Waals surface area contributed by atoms with E-state index in [1.807, 2.05) is 0 Å². The van der Waals surface area contributed by atoms with Gasteiger partial charge in [0.1, 0.15) is 0 Å². The lowest BCUT2D eigenvalue weighted by Gasteiger charge is -2.51. The van der Waals surface area contributed by atoms with Gasteiger partial charge >= 0.3 is 35.3 Å². The summed E-state index contributed by atoms with van der Waals surface area (Å²) in [7, 11) is 0. The Hall–Kier alpha value is -1.34. The molecule has 0 heterocycles. The number of nitrogens with one attached hydrogen (secondary N) is 2. The van der Waals surface area contributed by atoms with Crippen molar-refractivity contribution in [1.82, 2.24) is 10.9 Å². The zero-order valence-electron chi connectivity index (χ0n) is 12.6. The second-order valence-electron chi connectivity index (χ2n) is 6.36. The number of hydrogen-bond acceptors (Lipinski definition) is 2. The second-order valence-corrected chi connectivity index (χ2v) is 6.36. The Kier molecular flexibility index (Phi) is 4.43. The quantitative estimate of drug-likeness (QED) is 0.556. The zero-order valence-corrected chi connectivity index (χ0v) is 12.6. The first-order valence-corrected chi connectivity index (χ1v) is 6.28. The number of rotatable bonds is 2. The lowest BCUT2D eigenvalue weighted by Crippen LogP contribution is -2.86. The highest BCUT2D eigenvalue weighted by Gasteiger charge is 3.02. The molecule has 148 valence electrons. The topological polar surface area (TPSA) is 41.1 Å². The van der Waals surface area contributed by atoms with Gasteiger partial charge in [-0.3, -0.25) is 10.2 Å². The Balaban J connectivity index is 3.63. The van der Waals surface area contributed by atoms with Crippen molar-refractivity contribution in [3.63, 3.8) is 0 Å². The number of halogens is 11. The average Bonchev–Trinajstić information content (AvgIpc) is 2.40. The largest absolute Gasteiger partial charge is 0.384 e. The van der Waals surface area contributed by atoms with E-state index in [0.717, 1.165) is 26.2 Å². The van der Waals surface area contributed by atoms with Crippen molar-refractivity contribution in [2.24, 2.45) is 0 Å². The molecule has 0 spiro atoms. The summed E-state index contributed by atoms with van der Waals surface area (Å²) >= 11 is 0. The molecule has 0 aromatic carbocycles. The van der Waals surface area contributed by atoms with Gasteiger partial charge < -0.3 is 0 Å². The van der Waals surface area contributed by atoms with Crippen LogP contribution >= 0.6 is 0 Å². The zero-order chi connectivity index (χ0) is 20.5. The van der Waals surface area contributed by atoms with Crippen molar-refractivity contribution in [1.29, 1.82) is 0 Å². The summed E-state index contributed by atoms with van der Waals surface area (Å²) in [4.78, 5) is 11.4. The number of amides is 1. The van der Waals surface area contributed by atoms with Crippen LogP contribution in [0.2, 0.25) is 0 Å². The second kappa shape index (κ2) is 5.10. The van der Waals surface area contributed by atoms with Crippen LogP contribution in [0.3, 0.4) is 0 Å². The Morgan fingerprint density at radius 3 is 1.20 bits per heavy atom. The van der Waals surface area contributed by atoms with E-state index in [9.17, 15) is 53.1 Å². The van der Waals surface area contributed by atoms with Crippen molar-refractivity contribution < 1.29 is 53.1 Å². The van der Waals surface area contributed by atoms with Crippen LogP contribution in [0.4, 0.5) is 48.3 Å². The molecule has 0 atom stereocenters. The summed E-state index contributed by atoms with van der Waals surface area (Å²) in [5.41, 5.74) is -5.61. The molecule has 0 aliphatic heterocycles. The molecular formula is C11H11F11N2O. The van der Waals surface area contributed by atoms with Crippen LogP contribution in [0.25, 0.3) is 0 Å². The Bertz CT molecular complexity index is 537. The van der Waals surface area contributed by atoms with Crippen molar-refractivity contribution >= 4 is 5.91 Å². The standard InChI is InChI=1S/C11H11F11N2O/c1-5(2,3)24-23-4(25)6(12)7(13,14)9(17,18)11(21,22)10(19,20)8(6,15)16/h24H,1-3H3,(H,23,25). The van der Waals surface area contributed by atoms with E-state index in [1.54, 1.807) is 5.43 Å². The molecule has 3 nitrogen and oxygen atoms in total. The van der Waals surface area contributed by atoms with Crippen molar-refractivity contribution in [2.75, 3.05) is 0 Å². The fourth-order valence-corrected chi connectivity index (χ4v) is 1.84. The first-order valence-electron chi connectivity index (χ1n) is 6.28. The highest BCUT2D eigenvalue weighted by molar-refractivity contribution is 5.88. The summed E-state index contributed by atoms with van der Waals surface area (Å²) in [6.45, 7) is 3.44. The first-order chi connectivity index (χ1) is 10.6. The van der Waals surface area contributed by atoms with Gasteiger partial charge in [0.05, 0.1) is 0 Å². The molecule has 0 saturated heterocycles. The maximum Gasteiger partial charge on any atom is 0.384 e. The number of carbonyl (C=O) groups is 1. The normalized spacial score (nSPS) is 28.2. The van der Waals surface area contributed by atoms with Gasteiger partial charge in [0.25, 0.3) is 5.91 Å². The maximum absolute atomic E-state index is 14.2. The summed E-state index contributed by atoms with van der Waals surface area (Å²) in [5, 5.41) is 0. The number of alkyl halides is 11. The van der Waals surface area contributed by atoms with Gasteiger partial charge in [0.15, 0.2) is 0 Å². The molecule has 0 bridgehead atoms. The van der Waals surface area contributed by atoms with E-state index in [4.69, 9.17) is 0 Å². The van der Waals surface area contributed by atoms with Crippen LogP contribution in [0.15, 0.2) is 0 Å². The van der Waals surface area contributed by atoms with Crippen LogP contribution in [0.1, 0.15) is 20.8 Å². The van der Waals surface area contributed by atoms with Gasteiger partial charge in [-0.2, -0.15) is 43.9 Å². The van der Waals surface area contributed by atoms with E-state index in [-0.39, 0.29) is 0 Å². The first kappa shape index (κ1) is 21.7. The summed E-state index contributed by atoms with van der Waals surface area (Å²) in [6, 6.07) is 0. The molecule has 1 aliphatic rings. The van der Waals surface area contributed by atoms with Gasteiger partial charge in [-0.25, -0.2) is 9.82 Å². The van der Waals surface area contributed by atoms with E-state index < -0.39 is 46.7 Å². The average molecular weight is 396 g/mol. The minimum absolute atomic E-state index is 0.811. The van der Waals surface area contributed by atoms with Gasteiger partial charge in [-0.05, 0) is 20.8 Å². The summed E-state index contributed by atoms with van der Waals surface area (Å²) in [5.74, 6) is -39.7. The van der Waals surface area contributed by atoms with Crippen LogP contribution < -0.4 is 10.9 Å². The molecule has 2 N–H and O–H groups in total. The predicted molar refractivity (Wildman–Crippen MR) is 59.6 cm³/mol. The molecule has 1 fully saturated rings. The lowest BCUT2D eigenvalue weighted by atomic mass is 9.72. The fraction of sp³-hybridized carbons (Fsp3) is 0.909. The van der Waals surface area contributed by atoms with Crippen molar-refractivity contribution in [3.05, 3.63) is 0 Å². The molecule has 1 rings (SSSR count). The molecular weight excluding hydrogens is 385 g/mol. The van der Waals surface area contributed by atoms with Gasteiger partial charge in [0.2, 0.25) is 0 Å². The van der Waals surface area contributed by atoms with E-state index in [1.165, 1.54) is 0 Å². The molecule has 0 aromatic heterocycles. The Morgan fingerprint density at radius 2 is 0.920 bits per heavy atom. The molecule has 0 unspecified atom stereocenters. The third-order valence-electron chi connectivity index (χ3n) is 3.31. The molecule has 1 aliphatic carbocycles. The molecule has 1 amide bonds. The van der Waals surface area contributed by atoms with E-state index >= 15 is 0 Å². The minimum Gasteiger partial charge on any atom is -0.288 e. The highest BCUT2D eigenvalue weighted by Crippen LogP contribution is 2.69. The highest BCUT2D eigenvalue weighted by atomic mass is 19.4. The summed E-state index contributed by atoms with van der Waals surface area (Å²) in [6.07, 6.45) is 0. The SMILES string of the molecule is CC(C)(C)NNC(=O)C1(F)C(F)(F)C(F)(F)C(F)(F)C(F)(F)C1(F)F. The smallest absolute Gasteiger partial charge is 0.288 e. The number of carbonyl (C=O) groups excluding carboxylic acids is 1. The predicted octanol–water partition coefficient (Wildman–Crippen LogP) is 3.30. The molecule has 1 saturated carbocycles. The van der Waals surface area contributed by atoms with Crippen molar-refractivity contribution in [3.8, 4) is 0 Å². The fourth-order valence-electron chi connectivity index (χ4n) is 1.84. The maximum atomic E-state index is 14.2. The molecule has 25 heavy (non-hydrogen) atoms. The number of hydrazine groups is 1. The van der Waals surface area contributed by atoms with Crippen LogP contribution in [0, 0.1) is 0 Å². The van der Waals surface area contributed by atoms with E-state index in [0.29, 0.717) is 0 Å². The van der Waals surface area contributed by atoms with Gasteiger partial charge in [0, 0.05) is 5.54 Å². The van der Waals surface area contributed by atoms with Crippen LogP contribution in [0.5, 0.6) is 0 Å². The third-order valence-corrected chi connectivity index (χ3v) is 3.31. The van der Waals surface area contributed by atoms with Gasteiger partial charge in [-0.15, -0.1) is 0 Å². The minimum atomic E-state index is -7.35. The van der Waals surface area contributed by atoms with Crippen molar-refractivity contribution in [2.45, 2.75) is 61.6 Å². The van der Waals surface area contributed by atoms with Crippen LogP contribution in [-0.2, 0) is 4.79 Å². The monoisotopic (exact) mass is 396 g/mol. The molecule has 0 aromatic rings. The number of hydrogen-bond donors (Lipinski definition) is 2. The Morgan fingerprint density at radius 1 is 0.640 bits per heavy atom. The lowest BCUT2D eigenvalue weighted by molar-refractivity contribution is -0.476. The van der Waals surface area contributed by atoms with Crippen LogP contribution in [-0.4, -0.2) is 46.7 Å². The third kappa shape index (κ3) is 2.31. The Labute approximate surface area is 132 Å².